The number of nitrogens with two attached hydrogens (primary N) is 1. The van der Waals surface area contributed by atoms with Gasteiger partial charge in [0.05, 0.1) is 5.92 Å². The van der Waals surface area contributed by atoms with Crippen molar-refractivity contribution in [2.24, 2.45) is 11.7 Å². The van der Waals surface area contributed by atoms with Gasteiger partial charge in [-0.2, -0.15) is 0 Å². The molecule has 5 heteroatoms. The Morgan fingerprint density at radius 2 is 1.86 bits per heavy atom. The quantitative estimate of drug-likeness (QED) is 0.778. The number of rotatable bonds is 4. The van der Waals surface area contributed by atoms with Gasteiger partial charge >= 0.3 is 0 Å². The SMILES string of the molecule is CNC(=O)c1ccc(CNC(=O)C2CCCCC2N)cc1. The molecule has 5 nitrogen and oxygen atoms in total. The minimum absolute atomic E-state index is 0.0191. The molecule has 2 rings (SSSR count). The van der Waals surface area contributed by atoms with E-state index in [2.05, 4.69) is 10.6 Å². The van der Waals surface area contributed by atoms with Gasteiger partial charge in [-0.3, -0.25) is 9.59 Å². The van der Waals surface area contributed by atoms with Crippen molar-refractivity contribution in [3.05, 3.63) is 35.4 Å². The molecule has 0 spiro atoms. The highest BCUT2D eigenvalue weighted by Gasteiger charge is 2.27. The van der Waals surface area contributed by atoms with Crippen LogP contribution in [0.25, 0.3) is 0 Å². The first-order valence-corrected chi connectivity index (χ1v) is 7.46. The van der Waals surface area contributed by atoms with Gasteiger partial charge in [0.15, 0.2) is 0 Å². The predicted molar refractivity (Wildman–Crippen MR) is 81.6 cm³/mol. The lowest BCUT2D eigenvalue weighted by atomic mass is 9.84. The molecule has 4 N–H and O–H groups in total. The fraction of sp³-hybridized carbons (Fsp3) is 0.500. The van der Waals surface area contributed by atoms with Crippen LogP contribution >= 0.6 is 0 Å². The van der Waals surface area contributed by atoms with Gasteiger partial charge in [-0.05, 0) is 30.5 Å². The molecular weight excluding hydrogens is 266 g/mol. The molecule has 2 atom stereocenters. The number of nitrogens with one attached hydrogen (secondary N) is 2. The van der Waals surface area contributed by atoms with Crippen LogP contribution < -0.4 is 16.4 Å². The standard InChI is InChI=1S/C16H23N3O2/c1-18-15(20)12-8-6-11(7-9-12)10-19-16(21)13-4-2-3-5-14(13)17/h6-9,13-14H,2-5,10,17H2,1H3,(H,18,20)(H,19,21). The second-order valence-corrected chi connectivity index (χ2v) is 5.55. The molecule has 2 amide bonds. The minimum Gasteiger partial charge on any atom is -0.355 e. The summed E-state index contributed by atoms with van der Waals surface area (Å²) >= 11 is 0. The molecule has 0 aliphatic heterocycles. The Bertz CT molecular complexity index is 499. The lowest BCUT2D eigenvalue weighted by Crippen LogP contribution is -2.43. The van der Waals surface area contributed by atoms with Crippen LogP contribution in [-0.2, 0) is 11.3 Å². The summed E-state index contributed by atoms with van der Waals surface area (Å²) in [4.78, 5) is 23.6. The highest BCUT2D eigenvalue weighted by molar-refractivity contribution is 5.93. The van der Waals surface area contributed by atoms with E-state index in [-0.39, 0.29) is 23.8 Å². The fourth-order valence-electron chi connectivity index (χ4n) is 2.72. The van der Waals surface area contributed by atoms with E-state index in [0.29, 0.717) is 12.1 Å². The number of carbonyl (C=O) groups excluding carboxylic acids is 2. The molecule has 1 aliphatic rings. The van der Waals surface area contributed by atoms with Crippen LogP contribution in [0.4, 0.5) is 0 Å². The maximum absolute atomic E-state index is 12.1. The minimum atomic E-state index is -0.112. The van der Waals surface area contributed by atoms with E-state index in [0.717, 1.165) is 31.2 Å². The van der Waals surface area contributed by atoms with Gasteiger partial charge in [0, 0.05) is 25.2 Å². The maximum Gasteiger partial charge on any atom is 0.251 e. The van der Waals surface area contributed by atoms with Crippen molar-refractivity contribution in [2.75, 3.05) is 7.05 Å². The summed E-state index contributed by atoms with van der Waals surface area (Å²) in [6.07, 6.45) is 4.00. The van der Waals surface area contributed by atoms with Crippen LogP contribution in [0, 0.1) is 5.92 Å². The topological polar surface area (TPSA) is 84.2 Å². The second-order valence-electron chi connectivity index (χ2n) is 5.55. The Balaban J connectivity index is 1.87. The molecule has 1 aliphatic carbocycles. The van der Waals surface area contributed by atoms with Crippen molar-refractivity contribution in [2.45, 2.75) is 38.3 Å². The lowest BCUT2D eigenvalue weighted by Gasteiger charge is -2.27. The van der Waals surface area contributed by atoms with Gasteiger partial charge in [0.25, 0.3) is 5.91 Å². The van der Waals surface area contributed by atoms with Crippen LogP contribution in [0.3, 0.4) is 0 Å². The summed E-state index contributed by atoms with van der Waals surface area (Å²) in [5.41, 5.74) is 7.60. The first kappa shape index (κ1) is 15.5. The van der Waals surface area contributed by atoms with E-state index >= 15 is 0 Å². The highest BCUT2D eigenvalue weighted by atomic mass is 16.2. The van der Waals surface area contributed by atoms with Crippen molar-refractivity contribution in [1.29, 1.82) is 0 Å². The van der Waals surface area contributed by atoms with Crippen LogP contribution in [0.2, 0.25) is 0 Å². The summed E-state index contributed by atoms with van der Waals surface area (Å²) in [5, 5.41) is 5.52. The van der Waals surface area contributed by atoms with Crippen molar-refractivity contribution in [3.8, 4) is 0 Å². The molecule has 0 heterocycles. The Labute approximate surface area is 125 Å². The first-order chi connectivity index (χ1) is 10.1. The van der Waals surface area contributed by atoms with E-state index in [1.54, 1.807) is 19.2 Å². The van der Waals surface area contributed by atoms with Gasteiger partial charge in [-0.1, -0.05) is 25.0 Å². The Morgan fingerprint density at radius 1 is 1.19 bits per heavy atom. The molecule has 0 saturated heterocycles. The summed E-state index contributed by atoms with van der Waals surface area (Å²) in [6.45, 7) is 0.468. The molecule has 1 aromatic carbocycles. The van der Waals surface area contributed by atoms with Crippen molar-refractivity contribution < 1.29 is 9.59 Å². The van der Waals surface area contributed by atoms with E-state index in [1.165, 1.54) is 0 Å². The molecule has 1 saturated carbocycles. The van der Waals surface area contributed by atoms with Gasteiger partial charge < -0.3 is 16.4 Å². The number of hydrogen-bond donors (Lipinski definition) is 3. The van der Waals surface area contributed by atoms with E-state index in [4.69, 9.17) is 5.73 Å². The summed E-state index contributed by atoms with van der Waals surface area (Å²) in [7, 11) is 1.60. The van der Waals surface area contributed by atoms with Crippen molar-refractivity contribution in [3.63, 3.8) is 0 Å². The summed E-state index contributed by atoms with van der Waals surface area (Å²) < 4.78 is 0. The normalized spacial score (nSPS) is 21.6. The molecule has 1 aromatic rings. The largest absolute Gasteiger partial charge is 0.355 e. The third-order valence-corrected chi connectivity index (χ3v) is 4.07. The zero-order valence-electron chi connectivity index (χ0n) is 12.4. The zero-order chi connectivity index (χ0) is 15.2. The van der Waals surface area contributed by atoms with Gasteiger partial charge in [-0.25, -0.2) is 0 Å². The molecular formula is C16H23N3O2. The molecule has 0 radical (unpaired) electrons. The van der Waals surface area contributed by atoms with Crippen LogP contribution in [0.5, 0.6) is 0 Å². The highest BCUT2D eigenvalue weighted by Crippen LogP contribution is 2.23. The fourth-order valence-corrected chi connectivity index (χ4v) is 2.72. The third-order valence-electron chi connectivity index (χ3n) is 4.07. The molecule has 0 aromatic heterocycles. The van der Waals surface area contributed by atoms with E-state index < -0.39 is 0 Å². The monoisotopic (exact) mass is 289 g/mol. The average molecular weight is 289 g/mol. The number of hydrogen-bond acceptors (Lipinski definition) is 3. The third kappa shape index (κ3) is 4.04. The number of amides is 2. The zero-order valence-corrected chi connectivity index (χ0v) is 12.4. The predicted octanol–water partition coefficient (Wildman–Crippen LogP) is 1.18. The van der Waals surface area contributed by atoms with Gasteiger partial charge in [0.2, 0.25) is 5.91 Å². The smallest absolute Gasteiger partial charge is 0.251 e. The van der Waals surface area contributed by atoms with Gasteiger partial charge in [-0.15, -0.1) is 0 Å². The Morgan fingerprint density at radius 3 is 2.48 bits per heavy atom. The number of carbonyl (C=O) groups is 2. The first-order valence-electron chi connectivity index (χ1n) is 7.46. The van der Waals surface area contributed by atoms with Gasteiger partial charge in [0.1, 0.15) is 0 Å². The van der Waals surface area contributed by atoms with E-state index in [9.17, 15) is 9.59 Å². The number of benzene rings is 1. The van der Waals surface area contributed by atoms with E-state index in [1.807, 2.05) is 12.1 Å². The molecule has 21 heavy (non-hydrogen) atoms. The van der Waals surface area contributed by atoms with Crippen LogP contribution in [-0.4, -0.2) is 24.9 Å². The molecule has 1 fully saturated rings. The second kappa shape index (κ2) is 7.22. The molecule has 0 bridgehead atoms. The van der Waals surface area contributed by atoms with Crippen LogP contribution in [0.1, 0.15) is 41.6 Å². The Kier molecular flexibility index (Phi) is 5.33. The average Bonchev–Trinajstić information content (AvgIpc) is 2.52. The van der Waals surface area contributed by atoms with Crippen LogP contribution in [0.15, 0.2) is 24.3 Å². The summed E-state index contributed by atoms with van der Waals surface area (Å²) in [6, 6.07) is 7.20. The van der Waals surface area contributed by atoms with Crippen molar-refractivity contribution in [1.82, 2.24) is 10.6 Å². The Hall–Kier alpha value is -1.88. The van der Waals surface area contributed by atoms with Crippen molar-refractivity contribution >= 4 is 11.8 Å². The summed E-state index contributed by atoms with van der Waals surface area (Å²) in [5.74, 6) is -0.139. The molecule has 2 unspecified atom stereocenters. The lowest BCUT2D eigenvalue weighted by molar-refractivity contribution is -0.126. The maximum atomic E-state index is 12.1. The molecule has 114 valence electrons.